The third-order valence-electron chi connectivity index (χ3n) is 7.91. The quantitative estimate of drug-likeness (QED) is 0.342. The zero-order chi connectivity index (χ0) is 22.3. The van der Waals surface area contributed by atoms with Crippen LogP contribution in [0.1, 0.15) is 94.6 Å². The number of rotatable bonds is 10. The van der Waals surface area contributed by atoms with E-state index < -0.39 is 0 Å². The first-order chi connectivity index (χ1) is 16.4. The molecule has 2 aromatic carbocycles. The molecule has 0 spiro atoms. The lowest BCUT2D eigenvalue weighted by atomic mass is 9.85. The second-order valence-electron chi connectivity index (χ2n) is 10.3. The average Bonchev–Trinajstić information content (AvgIpc) is 3.34. The summed E-state index contributed by atoms with van der Waals surface area (Å²) >= 11 is 0. The van der Waals surface area contributed by atoms with E-state index in [9.17, 15) is 0 Å². The van der Waals surface area contributed by atoms with Gasteiger partial charge in [0.05, 0.1) is 6.61 Å². The van der Waals surface area contributed by atoms with Crippen molar-refractivity contribution in [3.63, 3.8) is 0 Å². The maximum atomic E-state index is 6.33. The molecule has 0 aromatic heterocycles. The van der Waals surface area contributed by atoms with Gasteiger partial charge < -0.3 is 14.2 Å². The van der Waals surface area contributed by atoms with Gasteiger partial charge in [0, 0.05) is 0 Å². The van der Waals surface area contributed by atoms with Crippen molar-refractivity contribution < 1.29 is 14.2 Å². The summed E-state index contributed by atoms with van der Waals surface area (Å²) < 4.78 is 17.4. The van der Waals surface area contributed by atoms with Crippen LogP contribution in [-0.2, 0) is 12.8 Å². The van der Waals surface area contributed by atoms with Gasteiger partial charge in [-0.05, 0) is 78.5 Å². The van der Waals surface area contributed by atoms with Crippen molar-refractivity contribution in [2.24, 2.45) is 5.92 Å². The molecule has 178 valence electrons. The normalized spacial score (nSPS) is 17.7. The van der Waals surface area contributed by atoms with Crippen LogP contribution in [0.5, 0.6) is 17.2 Å². The van der Waals surface area contributed by atoms with Crippen molar-refractivity contribution in [1.29, 1.82) is 0 Å². The number of ether oxygens (including phenoxy) is 3. The molecule has 1 aliphatic heterocycles. The summed E-state index contributed by atoms with van der Waals surface area (Å²) in [7, 11) is 0. The number of hydrogen-bond acceptors (Lipinski definition) is 3. The van der Waals surface area contributed by atoms with Crippen molar-refractivity contribution in [2.45, 2.75) is 96.3 Å². The van der Waals surface area contributed by atoms with E-state index in [0.29, 0.717) is 6.79 Å². The third kappa shape index (κ3) is 5.67. The Morgan fingerprint density at radius 3 is 2.42 bits per heavy atom. The molecule has 1 saturated carbocycles. The highest BCUT2D eigenvalue weighted by Gasteiger charge is 2.21. The fourth-order valence-electron chi connectivity index (χ4n) is 6.03. The predicted octanol–water partition coefficient (Wildman–Crippen LogP) is 8.26. The van der Waals surface area contributed by atoms with E-state index in [1.165, 1.54) is 106 Å². The summed E-state index contributed by atoms with van der Waals surface area (Å²) in [6.45, 7) is 1.17. The Morgan fingerprint density at radius 2 is 1.52 bits per heavy atom. The Bertz CT molecular complexity index is 913. The molecule has 2 aliphatic carbocycles. The number of benzene rings is 2. The molecule has 0 atom stereocenters. The summed E-state index contributed by atoms with van der Waals surface area (Å²) in [6.07, 6.45) is 20.3. The van der Waals surface area contributed by atoms with Crippen LogP contribution in [0, 0.1) is 5.92 Å². The van der Waals surface area contributed by atoms with Crippen molar-refractivity contribution in [2.75, 3.05) is 13.4 Å². The van der Waals surface area contributed by atoms with Gasteiger partial charge in [-0.3, -0.25) is 0 Å². The minimum atomic E-state index is 0.324. The predicted molar refractivity (Wildman–Crippen MR) is 134 cm³/mol. The highest BCUT2D eigenvalue weighted by Crippen LogP contribution is 2.41. The molecule has 0 radical (unpaired) electrons. The molecule has 3 nitrogen and oxygen atoms in total. The molecule has 3 aliphatic rings. The lowest BCUT2D eigenvalue weighted by Gasteiger charge is -2.23. The first-order valence-electron chi connectivity index (χ1n) is 13.6. The maximum Gasteiger partial charge on any atom is 0.231 e. The Balaban J connectivity index is 1.11. The summed E-state index contributed by atoms with van der Waals surface area (Å²) in [5, 5.41) is 0. The van der Waals surface area contributed by atoms with E-state index in [4.69, 9.17) is 14.2 Å². The van der Waals surface area contributed by atoms with E-state index in [2.05, 4.69) is 24.3 Å². The van der Waals surface area contributed by atoms with Crippen molar-refractivity contribution >= 4 is 0 Å². The zero-order valence-electron chi connectivity index (χ0n) is 20.2. The molecule has 0 bridgehead atoms. The smallest absolute Gasteiger partial charge is 0.231 e. The van der Waals surface area contributed by atoms with Crippen molar-refractivity contribution in [1.82, 2.24) is 0 Å². The van der Waals surface area contributed by atoms with Crippen LogP contribution in [0.15, 0.2) is 30.3 Å². The van der Waals surface area contributed by atoms with Gasteiger partial charge in [0.25, 0.3) is 0 Å². The van der Waals surface area contributed by atoms with Gasteiger partial charge in [-0.2, -0.15) is 0 Å². The van der Waals surface area contributed by atoms with Crippen LogP contribution in [0.25, 0.3) is 11.1 Å². The number of unbranched alkanes of at least 4 members (excludes halogenated alkanes) is 4. The van der Waals surface area contributed by atoms with E-state index in [-0.39, 0.29) is 0 Å². The van der Waals surface area contributed by atoms with Gasteiger partial charge in [-0.25, -0.2) is 0 Å². The Labute approximate surface area is 199 Å². The topological polar surface area (TPSA) is 27.7 Å². The number of fused-ring (bicyclic) bond motifs is 2. The number of hydrogen-bond donors (Lipinski definition) is 0. The molecule has 0 N–H and O–H groups in total. The van der Waals surface area contributed by atoms with Crippen molar-refractivity contribution in [3.05, 3.63) is 41.5 Å². The standard InChI is InChI=1S/C30H40O3/c1(2-5-11-23-12-6-4-7-13-23)3-10-20-31-28-19-17-25(26-14-8-9-15-27(26)28)24-16-18-29-30(21-24)33-22-32-29/h16-19,21,23H,1-15,20,22H2. The second-order valence-corrected chi connectivity index (χ2v) is 10.3. The molecule has 5 rings (SSSR count). The van der Waals surface area contributed by atoms with Crippen LogP contribution >= 0.6 is 0 Å². The maximum absolute atomic E-state index is 6.33. The van der Waals surface area contributed by atoms with Crippen LogP contribution in [0.3, 0.4) is 0 Å². The van der Waals surface area contributed by atoms with E-state index in [1.54, 1.807) is 0 Å². The minimum Gasteiger partial charge on any atom is -0.493 e. The van der Waals surface area contributed by atoms with Gasteiger partial charge in [0.15, 0.2) is 11.5 Å². The molecule has 3 heteroatoms. The average molecular weight is 449 g/mol. The van der Waals surface area contributed by atoms with Gasteiger partial charge >= 0.3 is 0 Å². The monoisotopic (exact) mass is 448 g/mol. The lowest BCUT2D eigenvalue weighted by Crippen LogP contribution is -2.09. The summed E-state index contributed by atoms with van der Waals surface area (Å²) in [5.74, 6) is 3.86. The molecule has 1 heterocycles. The fraction of sp³-hybridized carbons (Fsp3) is 0.600. The third-order valence-corrected chi connectivity index (χ3v) is 7.91. The second kappa shape index (κ2) is 11.3. The van der Waals surface area contributed by atoms with Crippen LogP contribution < -0.4 is 14.2 Å². The lowest BCUT2D eigenvalue weighted by molar-refractivity contribution is 0.174. The molecule has 2 aromatic rings. The highest BCUT2D eigenvalue weighted by molar-refractivity contribution is 5.73. The largest absolute Gasteiger partial charge is 0.493 e. The first kappa shape index (κ1) is 22.6. The summed E-state index contributed by atoms with van der Waals surface area (Å²) in [5.41, 5.74) is 5.45. The SMILES string of the molecule is c1cc2c(cc1-c1ccc(OCCCCCCCC3CCCCC3)c3c1CCCC3)OCO2. The molecular weight excluding hydrogens is 408 g/mol. The molecule has 0 amide bonds. The van der Waals surface area contributed by atoms with Gasteiger partial charge in [0.1, 0.15) is 5.75 Å². The van der Waals surface area contributed by atoms with E-state index in [1.807, 2.05) is 6.07 Å². The van der Waals surface area contributed by atoms with Crippen LogP contribution in [0.2, 0.25) is 0 Å². The molecule has 0 saturated heterocycles. The summed E-state index contributed by atoms with van der Waals surface area (Å²) in [4.78, 5) is 0. The highest BCUT2D eigenvalue weighted by atomic mass is 16.7. The van der Waals surface area contributed by atoms with Gasteiger partial charge in [0.2, 0.25) is 6.79 Å². The molecule has 1 fully saturated rings. The minimum absolute atomic E-state index is 0.324. The van der Waals surface area contributed by atoms with Crippen LogP contribution in [-0.4, -0.2) is 13.4 Å². The van der Waals surface area contributed by atoms with E-state index in [0.717, 1.165) is 42.6 Å². The van der Waals surface area contributed by atoms with Crippen molar-refractivity contribution in [3.8, 4) is 28.4 Å². The zero-order valence-corrected chi connectivity index (χ0v) is 20.2. The van der Waals surface area contributed by atoms with Crippen LogP contribution in [0.4, 0.5) is 0 Å². The summed E-state index contributed by atoms with van der Waals surface area (Å²) in [6, 6.07) is 10.8. The molecule has 33 heavy (non-hydrogen) atoms. The molecule has 0 unspecified atom stereocenters. The first-order valence-corrected chi connectivity index (χ1v) is 13.6. The van der Waals surface area contributed by atoms with Gasteiger partial charge in [-0.15, -0.1) is 0 Å². The van der Waals surface area contributed by atoms with E-state index >= 15 is 0 Å². The Kier molecular flexibility index (Phi) is 7.76. The Morgan fingerprint density at radius 1 is 0.727 bits per heavy atom. The Hall–Kier alpha value is -2.16. The molecular formula is C30H40O3. The van der Waals surface area contributed by atoms with Gasteiger partial charge in [-0.1, -0.05) is 76.3 Å². The fourth-order valence-corrected chi connectivity index (χ4v) is 6.03.